The Morgan fingerprint density at radius 2 is 2.06 bits per heavy atom. The van der Waals surface area contributed by atoms with Crippen LogP contribution in [0.3, 0.4) is 0 Å². The van der Waals surface area contributed by atoms with Crippen LogP contribution >= 0.6 is 0 Å². The number of nitrogens with zero attached hydrogens (tertiary/aromatic N) is 1. The van der Waals surface area contributed by atoms with E-state index in [0.717, 1.165) is 19.4 Å². The average Bonchev–Trinajstić information content (AvgIpc) is 3.11. The van der Waals surface area contributed by atoms with Gasteiger partial charge in [-0.2, -0.15) is 0 Å². The van der Waals surface area contributed by atoms with Gasteiger partial charge in [-0.15, -0.1) is 0 Å². The van der Waals surface area contributed by atoms with Crippen LogP contribution in [0, 0.1) is 0 Å². The Bertz CT molecular complexity index is 379. The van der Waals surface area contributed by atoms with Crippen molar-refractivity contribution in [2.45, 2.75) is 32.4 Å². The second kappa shape index (κ2) is 4.97. The van der Waals surface area contributed by atoms with Gasteiger partial charge in [-0.3, -0.25) is 4.79 Å². The Kier molecular flexibility index (Phi) is 3.40. The normalized spacial score (nSPS) is 15.3. The molecule has 0 heterocycles. The van der Waals surface area contributed by atoms with E-state index in [1.165, 1.54) is 5.56 Å². The lowest BCUT2D eigenvalue weighted by molar-refractivity contribution is -0.127. The molecule has 0 aliphatic heterocycles. The molecular formula is C14H17NO. The quantitative estimate of drug-likeness (QED) is 0.707. The van der Waals surface area contributed by atoms with Gasteiger partial charge in [0.05, 0.1) is 0 Å². The Balaban J connectivity index is 2.06. The fourth-order valence-electron chi connectivity index (χ4n) is 1.79. The smallest absolute Gasteiger partial charge is 0.246 e. The lowest BCUT2D eigenvalue weighted by Gasteiger charge is -2.20. The summed E-state index contributed by atoms with van der Waals surface area (Å²) in [6, 6.07) is 10.6. The monoisotopic (exact) mass is 215 g/mol. The summed E-state index contributed by atoms with van der Waals surface area (Å²) >= 11 is 0. The third-order valence-corrected chi connectivity index (χ3v) is 2.78. The van der Waals surface area contributed by atoms with Crippen molar-refractivity contribution in [1.82, 2.24) is 4.90 Å². The molecule has 2 heteroatoms. The average molecular weight is 215 g/mol. The predicted octanol–water partition coefficient (Wildman–Crippen LogP) is 2.75. The van der Waals surface area contributed by atoms with Crippen LogP contribution in [-0.4, -0.2) is 16.8 Å². The zero-order valence-corrected chi connectivity index (χ0v) is 9.60. The first-order valence-electron chi connectivity index (χ1n) is 5.78. The molecule has 0 radical (unpaired) electrons. The number of allylic oxidation sites excluding steroid dienone is 1. The summed E-state index contributed by atoms with van der Waals surface area (Å²) in [5.74, 6) is 0.133. The van der Waals surface area contributed by atoms with Crippen molar-refractivity contribution in [2.75, 3.05) is 0 Å². The number of carbonyl (C=O) groups excluding carboxylic acids is 1. The highest BCUT2D eigenvalue weighted by Crippen LogP contribution is 2.28. The second-order valence-corrected chi connectivity index (χ2v) is 4.18. The highest BCUT2D eigenvalue weighted by molar-refractivity contribution is 5.88. The summed E-state index contributed by atoms with van der Waals surface area (Å²) < 4.78 is 0. The molecule has 2 rings (SSSR count). The van der Waals surface area contributed by atoms with Crippen molar-refractivity contribution in [3.05, 3.63) is 48.0 Å². The van der Waals surface area contributed by atoms with E-state index in [0.29, 0.717) is 6.04 Å². The van der Waals surface area contributed by atoms with Crippen molar-refractivity contribution >= 4 is 5.91 Å². The summed E-state index contributed by atoms with van der Waals surface area (Å²) in [6.07, 6.45) is 5.76. The van der Waals surface area contributed by atoms with E-state index in [-0.39, 0.29) is 5.91 Å². The zero-order valence-electron chi connectivity index (χ0n) is 9.60. The molecular weight excluding hydrogens is 198 g/mol. The third-order valence-electron chi connectivity index (χ3n) is 2.78. The lowest BCUT2D eigenvalue weighted by atomic mass is 10.2. The Morgan fingerprint density at radius 3 is 2.62 bits per heavy atom. The number of rotatable bonds is 4. The molecule has 1 saturated carbocycles. The van der Waals surface area contributed by atoms with Crippen LogP contribution in [0.25, 0.3) is 0 Å². The maximum absolute atomic E-state index is 11.9. The molecule has 0 saturated heterocycles. The van der Waals surface area contributed by atoms with Gasteiger partial charge in [0.15, 0.2) is 0 Å². The second-order valence-electron chi connectivity index (χ2n) is 4.18. The van der Waals surface area contributed by atoms with Gasteiger partial charge in [0, 0.05) is 12.6 Å². The number of benzene rings is 1. The minimum Gasteiger partial charge on any atom is -0.332 e. The minimum absolute atomic E-state index is 0.133. The minimum atomic E-state index is 0.133. The van der Waals surface area contributed by atoms with Crippen LogP contribution < -0.4 is 0 Å². The first kappa shape index (κ1) is 10.9. The molecule has 1 aliphatic carbocycles. The zero-order chi connectivity index (χ0) is 11.4. The van der Waals surface area contributed by atoms with Crippen LogP contribution in [0.2, 0.25) is 0 Å². The SMILES string of the molecule is CC=CC(=O)N(Cc1ccccc1)C1CC1. The first-order chi connectivity index (χ1) is 7.81. The number of hydrogen-bond acceptors (Lipinski definition) is 1. The fourth-order valence-corrected chi connectivity index (χ4v) is 1.79. The van der Waals surface area contributed by atoms with E-state index in [1.54, 1.807) is 6.08 Å². The molecule has 0 unspecified atom stereocenters. The fraction of sp³-hybridized carbons (Fsp3) is 0.357. The molecule has 0 N–H and O–H groups in total. The standard InChI is InChI=1S/C14H17NO/c1-2-6-14(16)15(13-9-10-13)11-12-7-4-3-5-8-12/h2-8,13H,9-11H2,1H3. The molecule has 1 amide bonds. The Hall–Kier alpha value is -1.57. The van der Waals surface area contributed by atoms with Gasteiger partial charge in [0.1, 0.15) is 0 Å². The maximum Gasteiger partial charge on any atom is 0.246 e. The predicted molar refractivity (Wildman–Crippen MR) is 64.8 cm³/mol. The van der Waals surface area contributed by atoms with Crippen molar-refractivity contribution in [1.29, 1.82) is 0 Å². The van der Waals surface area contributed by atoms with E-state index in [1.807, 2.05) is 36.1 Å². The van der Waals surface area contributed by atoms with Gasteiger partial charge in [-0.1, -0.05) is 36.4 Å². The van der Waals surface area contributed by atoms with Gasteiger partial charge >= 0.3 is 0 Å². The summed E-state index contributed by atoms with van der Waals surface area (Å²) in [5.41, 5.74) is 1.20. The molecule has 1 aromatic rings. The molecule has 0 aromatic heterocycles. The lowest BCUT2D eigenvalue weighted by Crippen LogP contribution is -2.31. The van der Waals surface area contributed by atoms with Crippen LogP contribution in [0.15, 0.2) is 42.5 Å². The van der Waals surface area contributed by atoms with Crippen molar-refractivity contribution < 1.29 is 4.79 Å². The van der Waals surface area contributed by atoms with E-state index in [2.05, 4.69) is 12.1 Å². The van der Waals surface area contributed by atoms with Crippen molar-refractivity contribution in [3.8, 4) is 0 Å². The molecule has 16 heavy (non-hydrogen) atoms. The van der Waals surface area contributed by atoms with E-state index >= 15 is 0 Å². The van der Waals surface area contributed by atoms with E-state index in [4.69, 9.17) is 0 Å². The summed E-state index contributed by atoms with van der Waals surface area (Å²) in [6.45, 7) is 2.61. The first-order valence-corrected chi connectivity index (χ1v) is 5.78. The molecule has 84 valence electrons. The van der Waals surface area contributed by atoms with Gasteiger partial charge in [-0.25, -0.2) is 0 Å². The van der Waals surface area contributed by atoms with Gasteiger partial charge in [-0.05, 0) is 31.4 Å². The molecule has 1 fully saturated rings. The van der Waals surface area contributed by atoms with Crippen molar-refractivity contribution in [3.63, 3.8) is 0 Å². The molecule has 0 spiro atoms. The number of carbonyl (C=O) groups is 1. The third kappa shape index (κ3) is 2.72. The summed E-state index contributed by atoms with van der Waals surface area (Å²) in [4.78, 5) is 13.8. The Morgan fingerprint density at radius 1 is 1.38 bits per heavy atom. The largest absolute Gasteiger partial charge is 0.332 e. The highest BCUT2D eigenvalue weighted by atomic mass is 16.2. The highest BCUT2D eigenvalue weighted by Gasteiger charge is 2.31. The van der Waals surface area contributed by atoms with Crippen LogP contribution in [-0.2, 0) is 11.3 Å². The number of amides is 1. The summed E-state index contributed by atoms with van der Waals surface area (Å²) in [7, 11) is 0. The van der Waals surface area contributed by atoms with E-state index in [9.17, 15) is 4.79 Å². The molecule has 2 nitrogen and oxygen atoms in total. The maximum atomic E-state index is 11.9. The summed E-state index contributed by atoms with van der Waals surface area (Å²) in [5, 5.41) is 0. The van der Waals surface area contributed by atoms with Crippen LogP contribution in [0.4, 0.5) is 0 Å². The van der Waals surface area contributed by atoms with E-state index < -0.39 is 0 Å². The van der Waals surface area contributed by atoms with Gasteiger partial charge in [0.25, 0.3) is 0 Å². The van der Waals surface area contributed by atoms with Crippen LogP contribution in [0.5, 0.6) is 0 Å². The van der Waals surface area contributed by atoms with Crippen molar-refractivity contribution in [2.24, 2.45) is 0 Å². The molecule has 1 aromatic carbocycles. The van der Waals surface area contributed by atoms with Gasteiger partial charge < -0.3 is 4.90 Å². The van der Waals surface area contributed by atoms with Crippen LogP contribution in [0.1, 0.15) is 25.3 Å². The molecule has 0 atom stereocenters. The molecule has 0 bridgehead atoms. The number of hydrogen-bond donors (Lipinski definition) is 0. The van der Waals surface area contributed by atoms with Gasteiger partial charge in [0.2, 0.25) is 5.91 Å². The Labute approximate surface area is 96.6 Å². The molecule has 1 aliphatic rings. The topological polar surface area (TPSA) is 20.3 Å².